The van der Waals surface area contributed by atoms with Gasteiger partial charge in [0, 0.05) is 0 Å². The number of nitrogens with one attached hydrogen (secondary N) is 3. The van der Waals surface area contributed by atoms with Crippen molar-refractivity contribution in [3.63, 3.8) is 0 Å². The molecule has 16 heavy (non-hydrogen) atoms. The molecule has 0 aromatic carbocycles. The average molecular weight is 225 g/mol. The summed E-state index contributed by atoms with van der Waals surface area (Å²) in [6.07, 6.45) is 2.50. The molecule has 88 valence electrons. The number of hydrogen-bond donors (Lipinski definition) is 3. The molecule has 3 N–H and O–H groups in total. The number of rotatable bonds is 8. The first-order valence-electron chi connectivity index (χ1n) is 4.63. The summed E-state index contributed by atoms with van der Waals surface area (Å²) in [5, 5.41) is 7.27. The van der Waals surface area contributed by atoms with Crippen LogP contribution in [0.15, 0.2) is 25.4 Å². The van der Waals surface area contributed by atoms with E-state index < -0.39 is 5.91 Å². The normalized spacial score (nSPS) is 8.75. The maximum Gasteiger partial charge on any atom is 0.239 e. The Kier molecular flexibility index (Phi) is 7.14. The Balaban J connectivity index is 3.64. The van der Waals surface area contributed by atoms with Crippen molar-refractivity contribution < 1.29 is 14.4 Å². The molecule has 0 aromatic rings. The Morgan fingerprint density at radius 3 is 2.06 bits per heavy atom. The van der Waals surface area contributed by atoms with Gasteiger partial charge >= 0.3 is 0 Å². The van der Waals surface area contributed by atoms with Crippen molar-refractivity contribution >= 4 is 17.6 Å². The molecule has 2 amide bonds. The van der Waals surface area contributed by atoms with Crippen LogP contribution in [-0.4, -0.2) is 37.2 Å². The maximum atomic E-state index is 11.1. The van der Waals surface area contributed by atoms with Gasteiger partial charge in [0.2, 0.25) is 11.8 Å². The molecular formula is C10H15N3O3. The smallest absolute Gasteiger partial charge is 0.239 e. The molecule has 0 bridgehead atoms. The fourth-order valence-electron chi connectivity index (χ4n) is 0.727. The van der Waals surface area contributed by atoms with Crippen LogP contribution in [0.3, 0.4) is 0 Å². The topological polar surface area (TPSA) is 87.3 Å². The molecule has 6 nitrogen and oxygen atoms in total. The largest absolute Gasteiger partial charge is 0.383 e. The van der Waals surface area contributed by atoms with Gasteiger partial charge in [-0.3, -0.25) is 14.4 Å². The summed E-state index contributed by atoms with van der Waals surface area (Å²) in [4.78, 5) is 32.9. The van der Waals surface area contributed by atoms with E-state index in [0.29, 0.717) is 0 Å². The molecule has 0 heterocycles. The van der Waals surface area contributed by atoms with Gasteiger partial charge in [-0.05, 0) is 12.3 Å². The molecule has 0 radical (unpaired) electrons. The van der Waals surface area contributed by atoms with Crippen LogP contribution >= 0.6 is 0 Å². The molecule has 0 saturated carbocycles. The molecule has 0 atom stereocenters. The Bertz CT molecular complexity index is 300. The van der Waals surface area contributed by atoms with E-state index in [1.54, 1.807) is 0 Å². The van der Waals surface area contributed by atoms with Crippen LogP contribution in [0.5, 0.6) is 0 Å². The first-order valence-corrected chi connectivity index (χ1v) is 4.63. The molecule has 0 spiro atoms. The van der Waals surface area contributed by atoms with Crippen LogP contribution in [0, 0.1) is 0 Å². The van der Waals surface area contributed by atoms with Crippen molar-refractivity contribution in [2.24, 2.45) is 0 Å². The third-order valence-electron chi connectivity index (χ3n) is 1.54. The zero-order chi connectivity index (χ0) is 12.4. The van der Waals surface area contributed by atoms with E-state index in [1.807, 2.05) is 0 Å². The van der Waals surface area contributed by atoms with E-state index in [9.17, 15) is 14.4 Å². The highest BCUT2D eigenvalue weighted by molar-refractivity contribution is 5.94. The monoisotopic (exact) mass is 225 g/mol. The van der Waals surface area contributed by atoms with Crippen molar-refractivity contribution in [3.05, 3.63) is 25.4 Å². The van der Waals surface area contributed by atoms with E-state index in [0.717, 1.165) is 6.08 Å². The summed E-state index contributed by atoms with van der Waals surface area (Å²) >= 11 is 0. The Morgan fingerprint density at radius 1 is 0.938 bits per heavy atom. The van der Waals surface area contributed by atoms with Gasteiger partial charge in [0.1, 0.15) is 0 Å². The standard InChI is InChI=1S/C10H15N3O3/c1-3-8(14)5-12-10(16)7-13-9(15)6-11-4-2/h3-4,11H,1-2,5-7H2,(H,12,16)(H,13,15). The number of amides is 2. The fraction of sp³-hybridized carbons (Fsp3) is 0.300. The lowest BCUT2D eigenvalue weighted by atomic mass is 10.4. The van der Waals surface area contributed by atoms with Gasteiger partial charge in [0.25, 0.3) is 0 Å². The fourth-order valence-corrected chi connectivity index (χ4v) is 0.727. The van der Waals surface area contributed by atoms with Crippen molar-refractivity contribution in [3.8, 4) is 0 Å². The lowest BCUT2D eigenvalue weighted by Crippen LogP contribution is -2.41. The van der Waals surface area contributed by atoms with Gasteiger partial charge in [-0.25, -0.2) is 0 Å². The van der Waals surface area contributed by atoms with E-state index in [4.69, 9.17) is 0 Å². The molecule has 0 aromatic heterocycles. The zero-order valence-electron chi connectivity index (χ0n) is 8.91. The van der Waals surface area contributed by atoms with E-state index in [-0.39, 0.29) is 31.3 Å². The SMILES string of the molecule is C=CNCC(=O)NCC(=O)NCC(=O)C=C. The molecule has 6 heteroatoms. The molecular weight excluding hydrogens is 210 g/mol. The lowest BCUT2D eigenvalue weighted by molar-refractivity contribution is -0.126. The third kappa shape index (κ3) is 7.31. The number of carbonyl (C=O) groups excluding carboxylic acids is 3. The van der Waals surface area contributed by atoms with Crippen LogP contribution < -0.4 is 16.0 Å². The van der Waals surface area contributed by atoms with Gasteiger partial charge < -0.3 is 16.0 Å². The Hall–Kier alpha value is -2.11. The van der Waals surface area contributed by atoms with Crippen LogP contribution in [0.1, 0.15) is 0 Å². The van der Waals surface area contributed by atoms with Gasteiger partial charge in [0.05, 0.1) is 19.6 Å². The summed E-state index contributed by atoms with van der Waals surface area (Å²) < 4.78 is 0. The minimum Gasteiger partial charge on any atom is -0.383 e. The average Bonchev–Trinajstić information content (AvgIpc) is 2.30. The first-order chi connectivity index (χ1) is 7.60. The summed E-state index contributed by atoms with van der Waals surface area (Å²) in [5.41, 5.74) is 0. The highest BCUT2D eigenvalue weighted by atomic mass is 16.2. The minimum absolute atomic E-state index is 0.0579. The van der Waals surface area contributed by atoms with Crippen molar-refractivity contribution in [1.29, 1.82) is 0 Å². The molecule has 0 rings (SSSR count). The van der Waals surface area contributed by atoms with Gasteiger partial charge in [-0.2, -0.15) is 0 Å². The highest BCUT2D eigenvalue weighted by Gasteiger charge is 2.05. The Labute approximate surface area is 93.8 Å². The van der Waals surface area contributed by atoms with Crippen molar-refractivity contribution in [2.75, 3.05) is 19.6 Å². The molecule has 0 aliphatic carbocycles. The highest BCUT2D eigenvalue weighted by Crippen LogP contribution is 1.72. The number of hydrogen-bond acceptors (Lipinski definition) is 4. The van der Waals surface area contributed by atoms with Crippen LogP contribution in [0.4, 0.5) is 0 Å². The van der Waals surface area contributed by atoms with Gasteiger partial charge in [-0.1, -0.05) is 13.2 Å². The summed E-state index contributed by atoms with van der Waals surface area (Å²) in [5.74, 6) is -1.04. The van der Waals surface area contributed by atoms with Crippen LogP contribution in [-0.2, 0) is 14.4 Å². The van der Waals surface area contributed by atoms with Crippen molar-refractivity contribution in [2.45, 2.75) is 0 Å². The molecule has 0 aliphatic rings. The van der Waals surface area contributed by atoms with Crippen LogP contribution in [0.2, 0.25) is 0 Å². The molecule has 0 saturated heterocycles. The summed E-state index contributed by atoms with van der Waals surface area (Å²) in [6.45, 7) is 6.41. The predicted molar refractivity (Wildman–Crippen MR) is 59.4 cm³/mol. The molecule has 0 fully saturated rings. The van der Waals surface area contributed by atoms with Crippen LogP contribution in [0.25, 0.3) is 0 Å². The van der Waals surface area contributed by atoms with E-state index in [1.165, 1.54) is 6.20 Å². The van der Waals surface area contributed by atoms with E-state index >= 15 is 0 Å². The summed E-state index contributed by atoms with van der Waals surface area (Å²) in [6, 6.07) is 0. The molecule has 0 unspecified atom stereocenters. The first kappa shape index (κ1) is 13.9. The second-order valence-electron chi connectivity index (χ2n) is 2.81. The van der Waals surface area contributed by atoms with Crippen molar-refractivity contribution in [1.82, 2.24) is 16.0 Å². The van der Waals surface area contributed by atoms with Gasteiger partial charge in [0.15, 0.2) is 5.78 Å². The third-order valence-corrected chi connectivity index (χ3v) is 1.54. The Morgan fingerprint density at radius 2 is 1.50 bits per heavy atom. The zero-order valence-corrected chi connectivity index (χ0v) is 8.91. The maximum absolute atomic E-state index is 11.1. The number of carbonyl (C=O) groups is 3. The predicted octanol–water partition coefficient (Wildman–Crippen LogP) is -1.29. The number of ketones is 1. The molecule has 0 aliphatic heterocycles. The quantitative estimate of drug-likeness (QED) is 0.448. The minimum atomic E-state index is -0.429. The van der Waals surface area contributed by atoms with E-state index in [2.05, 4.69) is 29.1 Å². The summed E-state index contributed by atoms with van der Waals surface area (Å²) in [7, 11) is 0. The second kappa shape index (κ2) is 8.22. The second-order valence-corrected chi connectivity index (χ2v) is 2.81. The lowest BCUT2D eigenvalue weighted by Gasteiger charge is -2.05. The van der Waals surface area contributed by atoms with Gasteiger partial charge in [-0.15, -0.1) is 0 Å².